The van der Waals surface area contributed by atoms with E-state index in [1.807, 2.05) is 13.8 Å². The number of hydrogen-bond acceptors (Lipinski definition) is 4. The predicted octanol–water partition coefficient (Wildman–Crippen LogP) is 2.48. The van der Waals surface area contributed by atoms with Crippen LogP contribution in [0, 0.1) is 5.92 Å². The number of imide groups is 1. The second-order valence-corrected chi connectivity index (χ2v) is 5.08. The molecule has 1 aromatic rings. The SMILES string of the molecule is CC(C)CNC(=O)NC(=O)CNc1cccc(OC(F)(F)F)c1. The molecule has 23 heavy (non-hydrogen) atoms. The number of urea groups is 1. The fraction of sp³-hybridized carbons (Fsp3) is 0.429. The maximum Gasteiger partial charge on any atom is 0.573 e. The molecule has 3 N–H and O–H groups in total. The van der Waals surface area contributed by atoms with Gasteiger partial charge in [0, 0.05) is 18.3 Å². The van der Waals surface area contributed by atoms with E-state index >= 15 is 0 Å². The first-order valence-electron chi connectivity index (χ1n) is 6.83. The minimum Gasteiger partial charge on any atom is -0.406 e. The van der Waals surface area contributed by atoms with E-state index in [-0.39, 0.29) is 18.2 Å². The van der Waals surface area contributed by atoms with Crippen molar-refractivity contribution in [3.63, 3.8) is 0 Å². The number of rotatable bonds is 6. The average molecular weight is 333 g/mol. The normalized spacial score (nSPS) is 11.0. The number of anilines is 1. The lowest BCUT2D eigenvalue weighted by atomic mass is 10.2. The Bertz CT molecular complexity index is 548. The van der Waals surface area contributed by atoms with Gasteiger partial charge in [0.05, 0.1) is 6.54 Å². The zero-order valence-corrected chi connectivity index (χ0v) is 12.7. The Morgan fingerprint density at radius 3 is 2.57 bits per heavy atom. The molecule has 0 saturated heterocycles. The van der Waals surface area contributed by atoms with E-state index in [1.54, 1.807) is 0 Å². The van der Waals surface area contributed by atoms with Crippen LogP contribution in [0.2, 0.25) is 0 Å². The highest BCUT2D eigenvalue weighted by atomic mass is 19.4. The molecule has 0 aromatic heterocycles. The van der Waals surface area contributed by atoms with Crippen LogP contribution in [0.3, 0.4) is 0 Å². The van der Waals surface area contributed by atoms with Crippen LogP contribution in [0.15, 0.2) is 24.3 Å². The first kappa shape index (κ1) is 18.6. The average Bonchev–Trinajstić information content (AvgIpc) is 2.41. The molecule has 0 atom stereocenters. The molecule has 0 saturated carbocycles. The van der Waals surface area contributed by atoms with Gasteiger partial charge in [-0.1, -0.05) is 19.9 Å². The van der Waals surface area contributed by atoms with E-state index < -0.39 is 24.1 Å². The molecule has 3 amide bonds. The third-order valence-electron chi connectivity index (χ3n) is 2.44. The van der Waals surface area contributed by atoms with Crippen molar-refractivity contribution in [2.75, 3.05) is 18.4 Å². The van der Waals surface area contributed by atoms with E-state index in [0.717, 1.165) is 12.1 Å². The molecule has 9 heteroatoms. The van der Waals surface area contributed by atoms with Gasteiger partial charge in [0.25, 0.3) is 0 Å². The van der Waals surface area contributed by atoms with Gasteiger partial charge in [-0.3, -0.25) is 10.1 Å². The van der Waals surface area contributed by atoms with Gasteiger partial charge in [0.15, 0.2) is 0 Å². The Balaban J connectivity index is 2.44. The first-order valence-corrected chi connectivity index (χ1v) is 6.83. The largest absolute Gasteiger partial charge is 0.573 e. The first-order chi connectivity index (χ1) is 10.7. The fourth-order valence-electron chi connectivity index (χ4n) is 1.50. The lowest BCUT2D eigenvalue weighted by Gasteiger charge is -2.11. The van der Waals surface area contributed by atoms with Crippen LogP contribution in [0.4, 0.5) is 23.7 Å². The Kier molecular flexibility index (Phi) is 6.67. The van der Waals surface area contributed by atoms with E-state index in [4.69, 9.17) is 0 Å². The molecule has 0 spiro atoms. The van der Waals surface area contributed by atoms with Crippen molar-refractivity contribution in [3.05, 3.63) is 24.3 Å². The number of nitrogens with one attached hydrogen (secondary N) is 3. The van der Waals surface area contributed by atoms with Crippen molar-refractivity contribution in [1.82, 2.24) is 10.6 Å². The Morgan fingerprint density at radius 2 is 1.96 bits per heavy atom. The molecule has 0 unspecified atom stereocenters. The second kappa shape index (κ2) is 8.25. The highest BCUT2D eigenvalue weighted by molar-refractivity contribution is 5.96. The number of alkyl halides is 3. The van der Waals surface area contributed by atoms with Crippen LogP contribution >= 0.6 is 0 Å². The summed E-state index contributed by atoms with van der Waals surface area (Å²) in [6.45, 7) is 3.95. The molecule has 0 aliphatic heterocycles. The summed E-state index contributed by atoms with van der Waals surface area (Å²) in [6.07, 6.45) is -4.79. The van der Waals surface area contributed by atoms with Crippen molar-refractivity contribution in [1.29, 1.82) is 0 Å². The van der Waals surface area contributed by atoms with Crippen LogP contribution in [0.5, 0.6) is 5.75 Å². The summed E-state index contributed by atoms with van der Waals surface area (Å²) in [5.41, 5.74) is 0.254. The standard InChI is InChI=1S/C14H18F3N3O3/c1-9(2)7-19-13(22)20-12(21)8-18-10-4-3-5-11(6-10)23-14(15,16)17/h3-6,9,18H,7-8H2,1-2H3,(H2,19,20,21,22). The topological polar surface area (TPSA) is 79.5 Å². The van der Waals surface area contributed by atoms with Crippen molar-refractivity contribution in [2.45, 2.75) is 20.2 Å². The molecule has 1 rings (SSSR count). The highest BCUT2D eigenvalue weighted by Crippen LogP contribution is 2.24. The van der Waals surface area contributed by atoms with Crippen LogP contribution in [0.25, 0.3) is 0 Å². The van der Waals surface area contributed by atoms with Gasteiger partial charge in [-0.2, -0.15) is 0 Å². The Labute approximate surface area is 131 Å². The van der Waals surface area contributed by atoms with Gasteiger partial charge in [0.2, 0.25) is 5.91 Å². The number of carbonyl (C=O) groups is 2. The van der Waals surface area contributed by atoms with Crippen molar-refractivity contribution >= 4 is 17.6 Å². The summed E-state index contributed by atoms with van der Waals surface area (Å²) >= 11 is 0. The van der Waals surface area contributed by atoms with Gasteiger partial charge < -0.3 is 15.4 Å². The van der Waals surface area contributed by atoms with Crippen LogP contribution in [-0.2, 0) is 4.79 Å². The maximum absolute atomic E-state index is 12.1. The maximum atomic E-state index is 12.1. The third kappa shape index (κ3) is 8.54. The van der Waals surface area contributed by atoms with Gasteiger partial charge in [-0.25, -0.2) is 4.79 Å². The highest BCUT2D eigenvalue weighted by Gasteiger charge is 2.31. The number of halogens is 3. The molecule has 0 heterocycles. The van der Waals surface area contributed by atoms with Gasteiger partial charge in [0.1, 0.15) is 5.75 Å². The summed E-state index contributed by atoms with van der Waals surface area (Å²) in [4.78, 5) is 22.9. The van der Waals surface area contributed by atoms with Crippen LogP contribution in [0.1, 0.15) is 13.8 Å². The predicted molar refractivity (Wildman–Crippen MR) is 78.0 cm³/mol. The zero-order valence-electron chi connectivity index (χ0n) is 12.7. The molecular weight excluding hydrogens is 315 g/mol. The monoisotopic (exact) mass is 333 g/mol. The molecule has 0 fully saturated rings. The summed E-state index contributed by atoms with van der Waals surface area (Å²) in [5, 5.41) is 7.20. The lowest BCUT2D eigenvalue weighted by Crippen LogP contribution is -2.43. The van der Waals surface area contributed by atoms with E-state index in [9.17, 15) is 22.8 Å². The quantitative estimate of drug-likeness (QED) is 0.747. The molecular formula is C14H18F3N3O3. The Hall–Kier alpha value is -2.45. The fourth-order valence-corrected chi connectivity index (χ4v) is 1.50. The summed E-state index contributed by atoms with van der Waals surface area (Å²) in [6, 6.07) is 4.42. The van der Waals surface area contributed by atoms with Gasteiger partial charge in [-0.15, -0.1) is 13.2 Å². The third-order valence-corrected chi connectivity index (χ3v) is 2.44. The summed E-state index contributed by atoms with van der Waals surface area (Å²) in [7, 11) is 0. The van der Waals surface area contributed by atoms with E-state index in [2.05, 4.69) is 20.7 Å². The van der Waals surface area contributed by atoms with Crippen molar-refractivity contribution in [3.8, 4) is 5.75 Å². The van der Waals surface area contributed by atoms with Gasteiger partial charge in [-0.05, 0) is 18.1 Å². The molecule has 0 bridgehead atoms. The number of amides is 3. The minimum absolute atomic E-state index is 0.241. The van der Waals surface area contributed by atoms with E-state index in [1.165, 1.54) is 12.1 Å². The van der Waals surface area contributed by atoms with Crippen molar-refractivity contribution < 1.29 is 27.5 Å². The zero-order chi connectivity index (χ0) is 17.5. The summed E-state index contributed by atoms with van der Waals surface area (Å²) < 4.78 is 40.1. The number of ether oxygens (including phenoxy) is 1. The lowest BCUT2D eigenvalue weighted by molar-refractivity contribution is -0.274. The molecule has 128 valence electrons. The van der Waals surface area contributed by atoms with Gasteiger partial charge >= 0.3 is 12.4 Å². The number of hydrogen-bond donors (Lipinski definition) is 3. The molecule has 6 nitrogen and oxygen atoms in total. The number of carbonyl (C=O) groups excluding carboxylic acids is 2. The summed E-state index contributed by atoms with van der Waals surface area (Å²) in [5.74, 6) is -0.781. The molecule has 0 aliphatic carbocycles. The Morgan fingerprint density at radius 1 is 1.26 bits per heavy atom. The van der Waals surface area contributed by atoms with Crippen LogP contribution in [-0.4, -0.2) is 31.4 Å². The number of benzene rings is 1. The van der Waals surface area contributed by atoms with E-state index in [0.29, 0.717) is 6.54 Å². The minimum atomic E-state index is -4.79. The molecule has 0 aliphatic rings. The molecule has 1 aromatic carbocycles. The van der Waals surface area contributed by atoms with Crippen LogP contribution < -0.4 is 20.7 Å². The van der Waals surface area contributed by atoms with Crippen molar-refractivity contribution in [2.24, 2.45) is 5.92 Å². The smallest absolute Gasteiger partial charge is 0.406 e. The molecule has 0 radical (unpaired) electrons. The second-order valence-electron chi connectivity index (χ2n) is 5.08.